The molecule has 2 N–H and O–H groups in total. The van der Waals surface area contributed by atoms with Crippen LogP contribution in [0.15, 0.2) is 15.9 Å². The van der Waals surface area contributed by atoms with Crippen molar-refractivity contribution in [3.8, 4) is 0 Å². The van der Waals surface area contributed by atoms with E-state index in [1.54, 1.807) is 11.3 Å². The van der Waals surface area contributed by atoms with Crippen LogP contribution in [-0.4, -0.2) is 25.5 Å². The van der Waals surface area contributed by atoms with Crippen LogP contribution in [0.5, 0.6) is 0 Å². The number of hydrogen-bond donors (Lipinski definition) is 2. The molecule has 2 heterocycles. The van der Waals surface area contributed by atoms with E-state index < -0.39 is 0 Å². The smallest absolute Gasteiger partial charge is 0.220 e. The van der Waals surface area contributed by atoms with E-state index in [4.69, 9.17) is 0 Å². The lowest BCUT2D eigenvalue weighted by Crippen LogP contribution is -2.30. The van der Waals surface area contributed by atoms with Gasteiger partial charge < -0.3 is 10.6 Å². The van der Waals surface area contributed by atoms with E-state index in [2.05, 4.69) is 38.7 Å². The summed E-state index contributed by atoms with van der Waals surface area (Å²) in [5.74, 6) is 0.939. The molecule has 0 spiro atoms. The van der Waals surface area contributed by atoms with Gasteiger partial charge in [-0.05, 0) is 72.8 Å². The van der Waals surface area contributed by atoms with E-state index in [-0.39, 0.29) is 18.3 Å². The second kappa shape index (κ2) is 9.77. The van der Waals surface area contributed by atoms with Crippen LogP contribution >= 0.6 is 39.7 Å². The molecule has 0 atom stereocenters. The highest BCUT2D eigenvalue weighted by Gasteiger charge is 2.14. The standard InChI is InChI=1S/C14H21BrN2OS.ClH/c15-13-3-2-12(19-13)7-10-17-14(18)4-1-11-5-8-16-9-6-11;/h2-3,11,16H,1,4-10H2,(H,17,18);1H. The maximum Gasteiger partial charge on any atom is 0.220 e. The van der Waals surface area contributed by atoms with Crippen molar-refractivity contribution in [2.75, 3.05) is 19.6 Å². The molecule has 114 valence electrons. The Hall–Kier alpha value is -0.100. The van der Waals surface area contributed by atoms with Crippen LogP contribution in [-0.2, 0) is 11.2 Å². The molecule has 2 rings (SSSR count). The summed E-state index contributed by atoms with van der Waals surface area (Å²) < 4.78 is 1.15. The second-order valence-electron chi connectivity index (χ2n) is 5.04. The number of carbonyl (C=O) groups excluding carboxylic acids is 1. The molecule has 1 fully saturated rings. The number of nitrogens with one attached hydrogen (secondary N) is 2. The zero-order chi connectivity index (χ0) is 13.5. The Balaban J connectivity index is 0.00000200. The summed E-state index contributed by atoms with van der Waals surface area (Å²) >= 11 is 5.18. The first-order valence-corrected chi connectivity index (χ1v) is 8.56. The molecular weight excluding hydrogens is 360 g/mol. The fraction of sp³-hybridized carbons (Fsp3) is 0.643. The molecule has 1 aromatic heterocycles. The minimum Gasteiger partial charge on any atom is -0.356 e. The van der Waals surface area contributed by atoms with Crippen LogP contribution in [0, 0.1) is 5.92 Å². The van der Waals surface area contributed by atoms with Gasteiger partial charge >= 0.3 is 0 Å². The van der Waals surface area contributed by atoms with E-state index in [1.807, 2.05) is 0 Å². The number of amides is 1. The molecular formula is C14H22BrClN2OS. The lowest BCUT2D eigenvalue weighted by molar-refractivity contribution is -0.121. The van der Waals surface area contributed by atoms with Crippen molar-refractivity contribution < 1.29 is 4.79 Å². The summed E-state index contributed by atoms with van der Waals surface area (Å²) in [4.78, 5) is 13.1. The molecule has 1 aliphatic heterocycles. The minimum atomic E-state index is 0. The molecule has 3 nitrogen and oxygen atoms in total. The van der Waals surface area contributed by atoms with Crippen molar-refractivity contribution in [2.45, 2.75) is 32.1 Å². The minimum absolute atomic E-state index is 0. The quantitative estimate of drug-likeness (QED) is 0.793. The number of piperidine rings is 1. The van der Waals surface area contributed by atoms with Gasteiger partial charge in [0.1, 0.15) is 0 Å². The van der Waals surface area contributed by atoms with Gasteiger partial charge in [0.15, 0.2) is 0 Å². The van der Waals surface area contributed by atoms with Gasteiger partial charge in [0.25, 0.3) is 0 Å². The van der Waals surface area contributed by atoms with Crippen molar-refractivity contribution >= 4 is 45.6 Å². The maximum absolute atomic E-state index is 11.7. The molecule has 6 heteroatoms. The second-order valence-corrected chi connectivity index (χ2v) is 7.59. The van der Waals surface area contributed by atoms with E-state index in [9.17, 15) is 4.79 Å². The van der Waals surface area contributed by atoms with E-state index in [0.29, 0.717) is 6.42 Å². The van der Waals surface area contributed by atoms with Gasteiger partial charge in [0.2, 0.25) is 5.91 Å². The molecule has 20 heavy (non-hydrogen) atoms. The Labute approximate surface area is 139 Å². The van der Waals surface area contributed by atoms with Gasteiger partial charge in [0, 0.05) is 17.8 Å². The van der Waals surface area contributed by atoms with Gasteiger partial charge in [0.05, 0.1) is 3.79 Å². The Morgan fingerprint density at radius 3 is 2.80 bits per heavy atom. The van der Waals surface area contributed by atoms with Crippen LogP contribution in [0.25, 0.3) is 0 Å². The average Bonchev–Trinajstić information content (AvgIpc) is 2.83. The van der Waals surface area contributed by atoms with Gasteiger partial charge in [-0.3, -0.25) is 4.79 Å². The Kier molecular flexibility index (Phi) is 8.77. The van der Waals surface area contributed by atoms with E-state index in [1.165, 1.54) is 17.7 Å². The molecule has 1 saturated heterocycles. The first-order valence-electron chi connectivity index (χ1n) is 6.95. The topological polar surface area (TPSA) is 41.1 Å². The Morgan fingerprint density at radius 1 is 1.40 bits per heavy atom. The summed E-state index contributed by atoms with van der Waals surface area (Å²) in [6.45, 7) is 2.97. The first kappa shape index (κ1) is 18.0. The van der Waals surface area contributed by atoms with Crippen molar-refractivity contribution in [1.29, 1.82) is 0 Å². The monoisotopic (exact) mass is 380 g/mol. The highest BCUT2D eigenvalue weighted by molar-refractivity contribution is 9.11. The largest absolute Gasteiger partial charge is 0.356 e. The lowest BCUT2D eigenvalue weighted by atomic mass is 9.93. The van der Waals surface area contributed by atoms with Crippen LogP contribution in [0.1, 0.15) is 30.6 Å². The maximum atomic E-state index is 11.7. The molecule has 1 aliphatic rings. The molecule has 0 unspecified atom stereocenters. The fourth-order valence-electron chi connectivity index (χ4n) is 2.41. The summed E-state index contributed by atoms with van der Waals surface area (Å²) in [7, 11) is 0. The first-order chi connectivity index (χ1) is 9.24. The number of hydrogen-bond acceptors (Lipinski definition) is 3. The molecule has 0 aromatic carbocycles. The van der Waals surface area contributed by atoms with Crippen molar-refractivity contribution in [3.63, 3.8) is 0 Å². The van der Waals surface area contributed by atoms with Crippen molar-refractivity contribution in [3.05, 3.63) is 20.8 Å². The highest BCUT2D eigenvalue weighted by Crippen LogP contribution is 2.22. The molecule has 1 amide bonds. The molecule has 0 radical (unpaired) electrons. The predicted octanol–water partition coefficient (Wildman–Crippen LogP) is 3.37. The molecule has 0 bridgehead atoms. The number of rotatable bonds is 6. The fourth-order valence-corrected chi connectivity index (χ4v) is 3.89. The molecule has 1 aromatic rings. The average molecular weight is 382 g/mol. The number of carbonyl (C=O) groups is 1. The summed E-state index contributed by atoms with van der Waals surface area (Å²) in [6, 6.07) is 4.16. The predicted molar refractivity (Wildman–Crippen MR) is 90.8 cm³/mol. The summed E-state index contributed by atoms with van der Waals surface area (Å²) in [5.41, 5.74) is 0. The van der Waals surface area contributed by atoms with Crippen molar-refractivity contribution in [1.82, 2.24) is 10.6 Å². The Bertz CT molecular complexity index is 408. The van der Waals surface area contributed by atoms with Gasteiger partial charge in [-0.25, -0.2) is 0 Å². The normalized spacial score (nSPS) is 15.7. The third kappa shape index (κ3) is 6.57. The zero-order valence-corrected chi connectivity index (χ0v) is 14.7. The van der Waals surface area contributed by atoms with Crippen LogP contribution < -0.4 is 10.6 Å². The van der Waals surface area contributed by atoms with Gasteiger partial charge in [-0.1, -0.05) is 0 Å². The van der Waals surface area contributed by atoms with E-state index >= 15 is 0 Å². The highest BCUT2D eigenvalue weighted by atomic mass is 79.9. The SMILES string of the molecule is Cl.O=C(CCC1CCNCC1)NCCc1ccc(Br)s1. The number of halogens is 2. The summed E-state index contributed by atoms with van der Waals surface area (Å²) in [6.07, 6.45) is 5.08. The lowest BCUT2D eigenvalue weighted by Gasteiger charge is -2.22. The third-order valence-corrected chi connectivity index (χ3v) is 5.24. The molecule has 0 saturated carbocycles. The van der Waals surface area contributed by atoms with Gasteiger partial charge in [-0.15, -0.1) is 23.7 Å². The van der Waals surface area contributed by atoms with E-state index in [0.717, 1.165) is 42.2 Å². The number of thiophene rings is 1. The molecule has 0 aliphatic carbocycles. The Morgan fingerprint density at radius 2 is 2.15 bits per heavy atom. The van der Waals surface area contributed by atoms with Crippen LogP contribution in [0.2, 0.25) is 0 Å². The zero-order valence-electron chi connectivity index (χ0n) is 11.5. The van der Waals surface area contributed by atoms with Crippen LogP contribution in [0.3, 0.4) is 0 Å². The van der Waals surface area contributed by atoms with Gasteiger partial charge in [-0.2, -0.15) is 0 Å². The van der Waals surface area contributed by atoms with Crippen molar-refractivity contribution in [2.24, 2.45) is 5.92 Å². The summed E-state index contributed by atoms with van der Waals surface area (Å²) in [5, 5.41) is 6.37. The third-order valence-electron chi connectivity index (χ3n) is 3.56. The van der Waals surface area contributed by atoms with Crippen LogP contribution in [0.4, 0.5) is 0 Å².